The second-order valence-electron chi connectivity index (χ2n) is 6.50. The van der Waals surface area contributed by atoms with Crippen molar-refractivity contribution in [2.75, 3.05) is 6.61 Å². The number of ether oxygens (including phenoxy) is 1. The molecule has 4 aromatic rings. The van der Waals surface area contributed by atoms with Gasteiger partial charge in [0.1, 0.15) is 11.3 Å². The average Bonchev–Trinajstić information content (AvgIpc) is 3.09. The Bertz CT molecular complexity index is 1340. The smallest absolute Gasteiger partial charge is 0.305 e. The number of furan rings is 1. The predicted octanol–water partition coefficient (Wildman–Crippen LogP) is 2.45. The minimum atomic E-state index is -0.678. The van der Waals surface area contributed by atoms with Gasteiger partial charge in [-0.25, -0.2) is 5.10 Å². The van der Waals surface area contributed by atoms with Crippen LogP contribution in [0.4, 0.5) is 0 Å². The number of carbonyl (C=O) groups is 2. The van der Waals surface area contributed by atoms with Crippen LogP contribution in [-0.2, 0) is 0 Å². The highest BCUT2D eigenvalue weighted by atomic mass is 16.5. The van der Waals surface area contributed by atoms with E-state index in [2.05, 4.69) is 21.0 Å². The Morgan fingerprint density at radius 3 is 2.57 bits per heavy atom. The third-order valence-electron chi connectivity index (χ3n) is 4.63. The molecule has 0 aliphatic carbocycles. The van der Waals surface area contributed by atoms with Gasteiger partial charge in [0, 0.05) is 16.3 Å². The Kier molecular flexibility index (Phi) is 4.93. The number of nitrogens with one attached hydrogen (secondary N) is 3. The van der Waals surface area contributed by atoms with Crippen molar-refractivity contribution in [1.29, 1.82) is 0 Å². The Hall–Kier alpha value is -4.14. The van der Waals surface area contributed by atoms with Gasteiger partial charge in [-0.15, -0.1) is 0 Å². The number of aromatic amines is 1. The number of rotatable bonds is 4. The predicted molar refractivity (Wildman–Crippen MR) is 109 cm³/mol. The summed E-state index contributed by atoms with van der Waals surface area (Å²) in [4.78, 5) is 36.9. The van der Waals surface area contributed by atoms with Crippen LogP contribution >= 0.6 is 0 Å². The van der Waals surface area contributed by atoms with Gasteiger partial charge in [-0.1, -0.05) is 18.2 Å². The zero-order valence-corrected chi connectivity index (χ0v) is 16.2. The average molecular weight is 406 g/mol. The van der Waals surface area contributed by atoms with E-state index in [-0.39, 0.29) is 11.5 Å². The van der Waals surface area contributed by atoms with E-state index >= 15 is 0 Å². The molecule has 0 unspecified atom stereocenters. The van der Waals surface area contributed by atoms with Crippen LogP contribution in [0, 0.1) is 6.92 Å². The van der Waals surface area contributed by atoms with Crippen LogP contribution in [0.15, 0.2) is 51.7 Å². The number of benzene rings is 2. The van der Waals surface area contributed by atoms with Crippen LogP contribution in [-0.4, -0.2) is 28.6 Å². The fourth-order valence-corrected chi connectivity index (χ4v) is 3.19. The van der Waals surface area contributed by atoms with Gasteiger partial charge < -0.3 is 9.15 Å². The topological polar surface area (TPSA) is 126 Å². The Morgan fingerprint density at radius 1 is 1.07 bits per heavy atom. The quantitative estimate of drug-likeness (QED) is 0.447. The summed E-state index contributed by atoms with van der Waals surface area (Å²) in [5.41, 5.74) is 5.34. The van der Waals surface area contributed by atoms with Gasteiger partial charge in [0.25, 0.3) is 11.5 Å². The molecule has 0 atom stereocenters. The van der Waals surface area contributed by atoms with Crippen molar-refractivity contribution >= 4 is 33.6 Å². The zero-order valence-electron chi connectivity index (χ0n) is 16.2. The Morgan fingerprint density at radius 2 is 1.80 bits per heavy atom. The molecule has 2 aromatic heterocycles. The van der Waals surface area contributed by atoms with Gasteiger partial charge in [0.05, 0.1) is 12.0 Å². The van der Waals surface area contributed by atoms with Gasteiger partial charge in [-0.3, -0.25) is 25.2 Å². The summed E-state index contributed by atoms with van der Waals surface area (Å²) < 4.78 is 11.1. The highest BCUT2D eigenvalue weighted by Crippen LogP contribution is 2.28. The second-order valence-corrected chi connectivity index (χ2v) is 6.50. The number of H-pyrrole nitrogens is 1. The molecule has 0 saturated heterocycles. The summed E-state index contributed by atoms with van der Waals surface area (Å²) in [6.07, 6.45) is 0. The van der Waals surface area contributed by atoms with Crippen molar-refractivity contribution in [2.24, 2.45) is 0 Å². The largest absolute Gasteiger partial charge is 0.494 e. The van der Waals surface area contributed by atoms with E-state index in [9.17, 15) is 14.4 Å². The normalized spacial score (nSPS) is 10.9. The minimum absolute atomic E-state index is 0.0202. The lowest BCUT2D eigenvalue weighted by Crippen LogP contribution is -2.42. The van der Waals surface area contributed by atoms with E-state index in [1.807, 2.05) is 6.92 Å². The molecule has 3 N–H and O–H groups in total. The molecule has 0 spiro atoms. The van der Waals surface area contributed by atoms with Crippen molar-refractivity contribution in [3.8, 4) is 5.75 Å². The van der Waals surface area contributed by atoms with Crippen molar-refractivity contribution in [2.45, 2.75) is 13.8 Å². The maximum absolute atomic E-state index is 12.6. The van der Waals surface area contributed by atoms with Gasteiger partial charge in [0.15, 0.2) is 11.5 Å². The molecule has 0 aliphatic rings. The molecule has 0 saturated carbocycles. The Balaban J connectivity index is 1.55. The molecule has 0 fully saturated rings. The summed E-state index contributed by atoms with van der Waals surface area (Å²) in [6, 6.07) is 11.8. The van der Waals surface area contributed by atoms with E-state index in [4.69, 9.17) is 9.15 Å². The molecule has 0 bridgehead atoms. The van der Waals surface area contributed by atoms with Crippen molar-refractivity contribution < 1.29 is 18.7 Å². The van der Waals surface area contributed by atoms with Crippen LogP contribution in [0.2, 0.25) is 0 Å². The molecule has 2 heterocycles. The summed E-state index contributed by atoms with van der Waals surface area (Å²) in [7, 11) is 0. The molecule has 4 rings (SSSR count). The maximum atomic E-state index is 12.6. The van der Waals surface area contributed by atoms with Gasteiger partial charge in [-0.05, 0) is 38.1 Å². The first-order chi connectivity index (χ1) is 14.5. The number of hydrazine groups is 1. The lowest BCUT2D eigenvalue weighted by Gasteiger charge is -2.07. The van der Waals surface area contributed by atoms with E-state index in [0.29, 0.717) is 34.3 Å². The molecule has 30 heavy (non-hydrogen) atoms. The van der Waals surface area contributed by atoms with Crippen LogP contribution in [0.3, 0.4) is 0 Å². The van der Waals surface area contributed by atoms with Gasteiger partial charge >= 0.3 is 5.91 Å². The molecule has 0 aliphatic heterocycles. The monoisotopic (exact) mass is 406 g/mol. The minimum Gasteiger partial charge on any atom is -0.494 e. The molecule has 2 amide bonds. The summed E-state index contributed by atoms with van der Waals surface area (Å²) in [5.74, 6) is -0.560. The van der Waals surface area contributed by atoms with E-state index in [1.165, 1.54) is 0 Å². The molecule has 9 nitrogen and oxygen atoms in total. The molecular weight excluding hydrogens is 388 g/mol. The summed E-state index contributed by atoms with van der Waals surface area (Å²) >= 11 is 0. The van der Waals surface area contributed by atoms with Crippen LogP contribution < -0.4 is 21.1 Å². The Labute approximate surface area is 170 Å². The number of hydrogen-bond donors (Lipinski definition) is 3. The molecule has 0 radical (unpaired) electrons. The van der Waals surface area contributed by atoms with E-state index in [0.717, 1.165) is 5.39 Å². The first kappa shape index (κ1) is 19.2. The first-order valence-corrected chi connectivity index (χ1v) is 9.23. The number of aromatic nitrogens is 2. The third kappa shape index (κ3) is 3.37. The highest BCUT2D eigenvalue weighted by Gasteiger charge is 2.20. The summed E-state index contributed by atoms with van der Waals surface area (Å²) in [5, 5.41) is 7.51. The van der Waals surface area contributed by atoms with E-state index in [1.54, 1.807) is 49.4 Å². The number of nitrogens with zero attached hydrogens (tertiary/aromatic N) is 1. The number of fused-ring (bicyclic) bond motifs is 2. The lowest BCUT2D eigenvalue weighted by molar-refractivity contribution is 0.0829. The number of carbonyl (C=O) groups excluding carboxylic acids is 2. The SMILES string of the molecule is CCOc1ccc2oc(C(=O)NNC(=O)c3n[nH]c(=O)c4ccccc34)c(C)c2c1. The molecular formula is C21H18N4O5. The van der Waals surface area contributed by atoms with Crippen LogP contribution in [0.25, 0.3) is 21.7 Å². The maximum Gasteiger partial charge on any atom is 0.305 e. The zero-order chi connectivity index (χ0) is 21.3. The van der Waals surface area contributed by atoms with Crippen LogP contribution in [0.1, 0.15) is 33.5 Å². The summed E-state index contributed by atoms with van der Waals surface area (Å²) in [6.45, 7) is 4.15. The number of hydrogen-bond acceptors (Lipinski definition) is 6. The molecule has 9 heteroatoms. The first-order valence-electron chi connectivity index (χ1n) is 9.23. The third-order valence-corrected chi connectivity index (χ3v) is 4.63. The fourth-order valence-electron chi connectivity index (χ4n) is 3.19. The number of aryl methyl sites for hydroxylation is 1. The second kappa shape index (κ2) is 7.70. The molecule has 2 aromatic carbocycles. The molecule has 152 valence electrons. The number of amides is 2. The van der Waals surface area contributed by atoms with Crippen molar-refractivity contribution in [1.82, 2.24) is 21.0 Å². The van der Waals surface area contributed by atoms with Crippen LogP contribution in [0.5, 0.6) is 5.75 Å². The van der Waals surface area contributed by atoms with Crippen molar-refractivity contribution in [3.63, 3.8) is 0 Å². The van der Waals surface area contributed by atoms with Gasteiger partial charge in [-0.2, -0.15) is 5.10 Å². The lowest BCUT2D eigenvalue weighted by atomic mass is 10.1. The fraction of sp³-hybridized carbons (Fsp3) is 0.143. The standard InChI is InChI=1S/C21H18N4O5/c1-3-29-12-8-9-16-15(10-12)11(2)18(30-16)21(28)25-24-20(27)17-13-6-4-5-7-14(13)19(26)23-22-17/h4-10H,3H2,1-2H3,(H,23,26)(H,24,27)(H,25,28). The van der Waals surface area contributed by atoms with Crippen molar-refractivity contribution in [3.05, 3.63) is 69.8 Å². The van der Waals surface area contributed by atoms with Gasteiger partial charge in [0.2, 0.25) is 0 Å². The highest BCUT2D eigenvalue weighted by molar-refractivity contribution is 6.06. The van der Waals surface area contributed by atoms with E-state index < -0.39 is 17.4 Å².